The molecule has 0 saturated heterocycles. The number of rotatable bonds is 4. The van der Waals surface area contributed by atoms with Gasteiger partial charge >= 0.3 is 0 Å². The summed E-state index contributed by atoms with van der Waals surface area (Å²) in [4.78, 5) is 0. The van der Waals surface area contributed by atoms with E-state index >= 15 is 0 Å². The number of hydrogen-bond donors (Lipinski definition) is 1. The highest BCUT2D eigenvalue weighted by Gasteiger charge is 2.19. The Morgan fingerprint density at radius 2 is 2.05 bits per heavy atom. The van der Waals surface area contributed by atoms with E-state index < -0.39 is 0 Å². The van der Waals surface area contributed by atoms with Crippen LogP contribution in [0.5, 0.6) is 0 Å². The molecule has 0 amide bonds. The summed E-state index contributed by atoms with van der Waals surface area (Å²) in [6.45, 7) is 6.26. The summed E-state index contributed by atoms with van der Waals surface area (Å²) in [7, 11) is 0. The number of hydrogen-bond acceptors (Lipinski definition) is 1. The predicted molar refractivity (Wildman–Crippen MR) is 83.3 cm³/mol. The average molecular weight is 277 g/mol. The lowest BCUT2D eigenvalue weighted by atomic mass is 9.97. The minimum absolute atomic E-state index is 0.0944. The summed E-state index contributed by atoms with van der Waals surface area (Å²) in [6.07, 6.45) is 7.87. The lowest BCUT2D eigenvalue weighted by Crippen LogP contribution is -2.31. The van der Waals surface area contributed by atoms with E-state index in [2.05, 4.69) is 19.2 Å². The molecule has 2 rings (SSSR count). The standard InChI is InChI=1S/C18H28FN/c1-4-15-6-5-7-17(11-9-15)20-14(3)16-10-8-13(2)18(19)12-16/h8,10,12,14-15,17,20H,4-7,9,11H2,1-3H3. The van der Waals surface area contributed by atoms with Crippen molar-refractivity contribution in [2.45, 2.75) is 71.4 Å². The SMILES string of the molecule is CCC1CCCC(NC(C)c2ccc(C)c(F)c2)CC1. The van der Waals surface area contributed by atoms with E-state index in [1.807, 2.05) is 19.1 Å². The first-order valence-corrected chi connectivity index (χ1v) is 8.12. The second-order valence-corrected chi connectivity index (χ2v) is 6.38. The van der Waals surface area contributed by atoms with Crippen LogP contribution in [0.4, 0.5) is 4.39 Å². The lowest BCUT2D eigenvalue weighted by Gasteiger charge is -2.23. The van der Waals surface area contributed by atoms with Crippen LogP contribution in [0.15, 0.2) is 18.2 Å². The highest BCUT2D eigenvalue weighted by Crippen LogP contribution is 2.27. The minimum Gasteiger partial charge on any atom is -0.307 e. The van der Waals surface area contributed by atoms with Crippen LogP contribution in [0.1, 0.15) is 69.5 Å². The van der Waals surface area contributed by atoms with Crippen LogP contribution in [0.2, 0.25) is 0 Å². The van der Waals surface area contributed by atoms with E-state index in [0.29, 0.717) is 6.04 Å². The Hall–Kier alpha value is -0.890. The zero-order chi connectivity index (χ0) is 14.5. The van der Waals surface area contributed by atoms with E-state index in [1.54, 1.807) is 6.07 Å². The molecule has 112 valence electrons. The maximum atomic E-state index is 13.7. The molecule has 1 nitrogen and oxygen atoms in total. The van der Waals surface area contributed by atoms with Gasteiger partial charge in [0.2, 0.25) is 0 Å². The normalized spacial score (nSPS) is 25.2. The summed E-state index contributed by atoms with van der Waals surface area (Å²) in [5.74, 6) is 0.817. The van der Waals surface area contributed by atoms with Crippen molar-refractivity contribution in [2.75, 3.05) is 0 Å². The Morgan fingerprint density at radius 1 is 1.25 bits per heavy atom. The van der Waals surface area contributed by atoms with Gasteiger partial charge in [0, 0.05) is 12.1 Å². The fourth-order valence-corrected chi connectivity index (χ4v) is 3.28. The first-order chi connectivity index (χ1) is 9.60. The molecule has 0 heterocycles. The van der Waals surface area contributed by atoms with Gasteiger partial charge in [-0.1, -0.05) is 38.3 Å². The van der Waals surface area contributed by atoms with Gasteiger partial charge in [0.05, 0.1) is 0 Å². The Labute approximate surface area is 123 Å². The molecule has 2 heteroatoms. The molecule has 1 aromatic carbocycles. The molecule has 20 heavy (non-hydrogen) atoms. The van der Waals surface area contributed by atoms with Crippen LogP contribution in [-0.4, -0.2) is 6.04 Å². The smallest absolute Gasteiger partial charge is 0.126 e. The van der Waals surface area contributed by atoms with Gasteiger partial charge in [0.1, 0.15) is 5.82 Å². The summed E-state index contributed by atoms with van der Waals surface area (Å²) < 4.78 is 13.7. The second kappa shape index (κ2) is 7.21. The van der Waals surface area contributed by atoms with Crippen LogP contribution in [-0.2, 0) is 0 Å². The average Bonchev–Trinajstić information content (AvgIpc) is 2.67. The number of nitrogens with one attached hydrogen (secondary N) is 1. The van der Waals surface area contributed by atoms with Crippen LogP contribution in [0.3, 0.4) is 0 Å². The molecule has 0 aliphatic heterocycles. The summed E-state index contributed by atoms with van der Waals surface area (Å²) >= 11 is 0. The van der Waals surface area contributed by atoms with Gasteiger partial charge in [-0.25, -0.2) is 4.39 Å². The van der Waals surface area contributed by atoms with Crippen LogP contribution in [0, 0.1) is 18.7 Å². The Bertz CT molecular complexity index is 429. The van der Waals surface area contributed by atoms with Gasteiger partial charge in [0.25, 0.3) is 0 Å². The lowest BCUT2D eigenvalue weighted by molar-refractivity contribution is 0.399. The molecule has 1 aliphatic carbocycles. The molecule has 1 aliphatic rings. The third kappa shape index (κ3) is 4.05. The van der Waals surface area contributed by atoms with Gasteiger partial charge in [-0.15, -0.1) is 0 Å². The maximum absolute atomic E-state index is 13.7. The Balaban J connectivity index is 1.93. The van der Waals surface area contributed by atoms with E-state index in [1.165, 1.54) is 38.5 Å². The van der Waals surface area contributed by atoms with Crippen LogP contribution in [0.25, 0.3) is 0 Å². The van der Waals surface area contributed by atoms with Crippen molar-refractivity contribution >= 4 is 0 Å². The van der Waals surface area contributed by atoms with Crippen molar-refractivity contribution in [1.29, 1.82) is 0 Å². The maximum Gasteiger partial charge on any atom is 0.126 e. The topological polar surface area (TPSA) is 12.0 Å². The van der Waals surface area contributed by atoms with Crippen molar-refractivity contribution in [3.8, 4) is 0 Å². The monoisotopic (exact) mass is 277 g/mol. The van der Waals surface area contributed by atoms with Crippen molar-refractivity contribution < 1.29 is 4.39 Å². The quantitative estimate of drug-likeness (QED) is 0.751. The zero-order valence-corrected chi connectivity index (χ0v) is 13.1. The van der Waals surface area contributed by atoms with Crippen molar-refractivity contribution in [3.05, 3.63) is 35.1 Å². The van der Waals surface area contributed by atoms with Crippen molar-refractivity contribution in [3.63, 3.8) is 0 Å². The predicted octanol–water partition coefficient (Wildman–Crippen LogP) is 5.14. The summed E-state index contributed by atoms with van der Waals surface area (Å²) in [5.41, 5.74) is 1.78. The van der Waals surface area contributed by atoms with E-state index in [9.17, 15) is 4.39 Å². The first kappa shape index (κ1) is 15.5. The molecule has 0 radical (unpaired) electrons. The largest absolute Gasteiger partial charge is 0.307 e. The van der Waals surface area contributed by atoms with Crippen LogP contribution >= 0.6 is 0 Å². The van der Waals surface area contributed by atoms with Gasteiger partial charge < -0.3 is 5.32 Å². The number of benzene rings is 1. The molecule has 0 spiro atoms. The summed E-state index contributed by atoms with van der Waals surface area (Å²) in [6, 6.07) is 6.42. The van der Waals surface area contributed by atoms with Crippen LogP contribution < -0.4 is 5.32 Å². The molecule has 1 saturated carbocycles. The van der Waals surface area contributed by atoms with Crippen molar-refractivity contribution in [2.24, 2.45) is 5.92 Å². The minimum atomic E-state index is -0.0944. The molecule has 3 unspecified atom stereocenters. The van der Waals surface area contributed by atoms with Crippen molar-refractivity contribution in [1.82, 2.24) is 5.32 Å². The fourth-order valence-electron chi connectivity index (χ4n) is 3.28. The molecular weight excluding hydrogens is 249 g/mol. The number of aryl methyl sites for hydroxylation is 1. The zero-order valence-electron chi connectivity index (χ0n) is 13.1. The molecule has 1 N–H and O–H groups in total. The Morgan fingerprint density at radius 3 is 2.75 bits per heavy atom. The molecule has 0 bridgehead atoms. The molecular formula is C18H28FN. The second-order valence-electron chi connectivity index (χ2n) is 6.38. The first-order valence-electron chi connectivity index (χ1n) is 8.12. The molecule has 3 atom stereocenters. The molecule has 1 aromatic rings. The van der Waals surface area contributed by atoms with E-state index in [0.717, 1.165) is 17.0 Å². The number of halogens is 1. The van der Waals surface area contributed by atoms with Gasteiger partial charge in [0.15, 0.2) is 0 Å². The van der Waals surface area contributed by atoms with E-state index in [4.69, 9.17) is 0 Å². The summed E-state index contributed by atoms with van der Waals surface area (Å²) in [5, 5.41) is 3.70. The fraction of sp³-hybridized carbons (Fsp3) is 0.667. The third-order valence-corrected chi connectivity index (χ3v) is 4.85. The highest BCUT2D eigenvalue weighted by atomic mass is 19.1. The van der Waals surface area contributed by atoms with E-state index in [-0.39, 0.29) is 11.9 Å². The third-order valence-electron chi connectivity index (χ3n) is 4.85. The molecule has 0 aromatic heterocycles. The Kier molecular flexibility index (Phi) is 5.59. The molecule has 1 fully saturated rings. The van der Waals surface area contributed by atoms with Gasteiger partial charge in [-0.3, -0.25) is 0 Å². The highest BCUT2D eigenvalue weighted by molar-refractivity contribution is 5.25. The van der Waals surface area contributed by atoms with Gasteiger partial charge in [-0.05, 0) is 56.2 Å². The van der Waals surface area contributed by atoms with Gasteiger partial charge in [-0.2, -0.15) is 0 Å².